The third-order valence-electron chi connectivity index (χ3n) is 3.36. The zero-order valence-corrected chi connectivity index (χ0v) is 17.6. The van der Waals surface area contributed by atoms with Crippen LogP contribution in [0.15, 0.2) is 51.4 Å². The van der Waals surface area contributed by atoms with Gasteiger partial charge in [-0.2, -0.15) is 0 Å². The minimum atomic E-state index is -0.234. The van der Waals surface area contributed by atoms with Crippen LogP contribution in [0.3, 0.4) is 0 Å². The van der Waals surface area contributed by atoms with E-state index in [2.05, 4.69) is 63.3 Å². The maximum absolute atomic E-state index is 12.3. The van der Waals surface area contributed by atoms with Crippen molar-refractivity contribution in [3.05, 3.63) is 62.5 Å². The Balaban J connectivity index is 2.02. The van der Waals surface area contributed by atoms with Crippen LogP contribution in [-0.4, -0.2) is 11.0 Å². The predicted molar refractivity (Wildman–Crippen MR) is 111 cm³/mol. The molecule has 126 valence electrons. The van der Waals surface area contributed by atoms with Gasteiger partial charge in [0.15, 0.2) is 5.11 Å². The van der Waals surface area contributed by atoms with E-state index in [4.69, 9.17) is 12.2 Å². The Morgan fingerprint density at radius 1 is 1.00 bits per heavy atom. The number of amides is 1. The lowest BCUT2D eigenvalue weighted by molar-refractivity contribution is 0.0977. The van der Waals surface area contributed by atoms with Gasteiger partial charge in [-0.25, -0.2) is 0 Å². The van der Waals surface area contributed by atoms with Crippen LogP contribution in [-0.2, 0) is 5.41 Å². The molecule has 0 aliphatic heterocycles. The van der Waals surface area contributed by atoms with E-state index < -0.39 is 0 Å². The second-order valence-corrected chi connectivity index (χ2v) is 8.63. The molecule has 0 heterocycles. The van der Waals surface area contributed by atoms with E-state index in [1.54, 1.807) is 0 Å². The summed E-state index contributed by atoms with van der Waals surface area (Å²) >= 11 is 12.0. The average molecular weight is 470 g/mol. The molecule has 2 rings (SSSR count). The maximum atomic E-state index is 12.3. The van der Waals surface area contributed by atoms with Crippen LogP contribution >= 0.6 is 44.1 Å². The molecule has 1 amide bonds. The molecule has 0 radical (unpaired) electrons. The number of halogens is 2. The van der Waals surface area contributed by atoms with Crippen LogP contribution in [0.2, 0.25) is 0 Å². The number of anilines is 1. The number of hydrogen-bond donors (Lipinski definition) is 2. The third kappa shape index (κ3) is 5.40. The molecular formula is C18H18Br2N2OS. The van der Waals surface area contributed by atoms with Crippen LogP contribution in [0.5, 0.6) is 0 Å². The SMILES string of the molecule is CC(C)(C)c1ccc(C(=O)NC(=S)Nc2cc(Br)cc(Br)c2)cc1. The van der Waals surface area contributed by atoms with Crippen molar-refractivity contribution < 1.29 is 4.79 Å². The van der Waals surface area contributed by atoms with Gasteiger partial charge in [0.2, 0.25) is 0 Å². The monoisotopic (exact) mass is 468 g/mol. The van der Waals surface area contributed by atoms with Crippen molar-refractivity contribution in [2.75, 3.05) is 5.32 Å². The Kier molecular flexibility index (Phi) is 6.17. The van der Waals surface area contributed by atoms with Crippen molar-refractivity contribution in [3.63, 3.8) is 0 Å². The molecule has 3 nitrogen and oxygen atoms in total. The van der Waals surface area contributed by atoms with Crippen molar-refractivity contribution in [1.29, 1.82) is 0 Å². The van der Waals surface area contributed by atoms with Gasteiger partial charge in [-0.1, -0.05) is 64.8 Å². The van der Waals surface area contributed by atoms with Gasteiger partial charge < -0.3 is 5.32 Å². The molecule has 0 saturated heterocycles. The molecule has 0 aliphatic carbocycles. The van der Waals surface area contributed by atoms with Crippen molar-refractivity contribution in [3.8, 4) is 0 Å². The van der Waals surface area contributed by atoms with E-state index in [0.29, 0.717) is 5.56 Å². The van der Waals surface area contributed by atoms with Crippen LogP contribution in [0.25, 0.3) is 0 Å². The minimum absolute atomic E-state index is 0.0555. The fraction of sp³-hybridized carbons (Fsp3) is 0.222. The first-order valence-electron chi connectivity index (χ1n) is 7.34. The van der Waals surface area contributed by atoms with Gasteiger partial charge in [0.25, 0.3) is 5.91 Å². The van der Waals surface area contributed by atoms with Gasteiger partial charge >= 0.3 is 0 Å². The number of carbonyl (C=O) groups is 1. The van der Waals surface area contributed by atoms with E-state index in [-0.39, 0.29) is 16.4 Å². The summed E-state index contributed by atoms with van der Waals surface area (Å²) in [5.74, 6) is -0.234. The van der Waals surface area contributed by atoms with E-state index in [1.807, 2.05) is 42.5 Å². The number of thiocarbonyl (C=S) groups is 1. The Morgan fingerprint density at radius 2 is 1.54 bits per heavy atom. The largest absolute Gasteiger partial charge is 0.332 e. The van der Waals surface area contributed by atoms with E-state index in [9.17, 15) is 4.79 Å². The molecule has 0 aromatic heterocycles. The fourth-order valence-corrected chi connectivity index (χ4v) is 3.59. The molecule has 6 heteroatoms. The summed E-state index contributed by atoms with van der Waals surface area (Å²) in [6, 6.07) is 13.2. The lowest BCUT2D eigenvalue weighted by Gasteiger charge is -2.19. The number of hydrogen-bond acceptors (Lipinski definition) is 2. The smallest absolute Gasteiger partial charge is 0.257 e. The molecule has 0 atom stereocenters. The van der Waals surface area contributed by atoms with Gasteiger partial charge in [0.1, 0.15) is 0 Å². The van der Waals surface area contributed by atoms with Gasteiger partial charge in [-0.3, -0.25) is 10.1 Å². The van der Waals surface area contributed by atoms with Crippen LogP contribution < -0.4 is 10.6 Å². The third-order valence-corrected chi connectivity index (χ3v) is 4.48. The van der Waals surface area contributed by atoms with Crippen molar-refractivity contribution in [2.45, 2.75) is 26.2 Å². The summed E-state index contributed by atoms with van der Waals surface area (Å²) in [4.78, 5) is 12.3. The van der Waals surface area contributed by atoms with Crippen LogP contribution in [0.1, 0.15) is 36.7 Å². The molecule has 0 fully saturated rings. The molecule has 24 heavy (non-hydrogen) atoms. The van der Waals surface area contributed by atoms with Crippen LogP contribution in [0, 0.1) is 0 Å². The fourth-order valence-electron chi connectivity index (χ4n) is 2.09. The quantitative estimate of drug-likeness (QED) is 0.559. The molecular weight excluding hydrogens is 452 g/mol. The molecule has 0 saturated carbocycles. The number of carbonyl (C=O) groups excluding carboxylic acids is 1. The zero-order chi connectivity index (χ0) is 17.9. The molecule has 2 aromatic rings. The van der Waals surface area contributed by atoms with E-state index in [0.717, 1.165) is 14.6 Å². The predicted octanol–water partition coefficient (Wildman–Crippen LogP) is 5.64. The second kappa shape index (κ2) is 7.76. The standard InChI is InChI=1S/C18H18Br2N2OS/c1-18(2,3)12-6-4-11(5-7-12)16(23)22-17(24)21-15-9-13(19)8-14(20)10-15/h4-10H,1-3H3,(H2,21,22,23,24). The molecule has 0 bridgehead atoms. The topological polar surface area (TPSA) is 41.1 Å². The van der Waals surface area contributed by atoms with Crippen molar-refractivity contribution >= 4 is 60.8 Å². The molecule has 2 aromatic carbocycles. The number of rotatable bonds is 2. The number of benzene rings is 2. The van der Waals surface area contributed by atoms with Gasteiger partial charge in [0.05, 0.1) is 0 Å². The summed E-state index contributed by atoms with van der Waals surface area (Å²) in [7, 11) is 0. The summed E-state index contributed by atoms with van der Waals surface area (Å²) in [6.07, 6.45) is 0. The highest BCUT2D eigenvalue weighted by molar-refractivity contribution is 9.11. The Morgan fingerprint density at radius 3 is 2.04 bits per heavy atom. The summed E-state index contributed by atoms with van der Waals surface area (Å²) < 4.78 is 1.82. The Hall–Kier alpha value is -1.24. The zero-order valence-electron chi connectivity index (χ0n) is 13.6. The van der Waals surface area contributed by atoms with Crippen molar-refractivity contribution in [2.24, 2.45) is 0 Å². The lowest BCUT2D eigenvalue weighted by atomic mass is 9.87. The van der Waals surface area contributed by atoms with Gasteiger partial charge in [-0.15, -0.1) is 0 Å². The molecule has 0 spiro atoms. The van der Waals surface area contributed by atoms with Crippen LogP contribution in [0.4, 0.5) is 5.69 Å². The molecule has 0 aliphatic rings. The minimum Gasteiger partial charge on any atom is -0.332 e. The molecule has 2 N–H and O–H groups in total. The first kappa shape index (κ1) is 19.1. The van der Waals surface area contributed by atoms with Gasteiger partial charge in [0, 0.05) is 20.2 Å². The van der Waals surface area contributed by atoms with E-state index >= 15 is 0 Å². The van der Waals surface area contributed by atoms with Gasteiger partial charge in [-0.05, 0) is 53.5 Å². The highest BCUT2D eigenvalue weighted by atomic mass is 79.9. The summed E-state index contributed by atoms with van der Waals surface area (Å²) in [5.41, 5.74) is 2.59. The second-order valence-electron chi connectivity index (χ2n) is 6.39. The summed E-state index contributed by atoms with van der Waals surface area (Å²) in [5, 5.41) is 5.95. The summed E-state index contributed by atoms with van der Waals surface area (Å²) in [6.45, 7) is 6.41. The highest BCUT2D eigenvalue weighted by Crippen LogP contribution is 2.24. The first-order chi connectivity index (χ1) is 11.1. The Labute approximate surface area is 164 Å². The first-order valence-corrected chi connectivity index (χ1v) is 9.33. The normalized spacial score (nSPS) is 11.0. The van der Waals surface area contributed by atoms with E-state index in [1.165, 1.54) is 5.56 Å². The maximum Gasteiger partial charge on any atom is 0.257 e. The average Bonchev–Trinajstić information content (AvgIpc) is 2.45. The number of nitrogens with one attached hydrogen (secondary N) is 2. The lowest BCUT2D eigenvalue weighted by Crippen LogP contribution is -2.34. The Bertz CT molecular complexity index is 747. The highest BCUT2D eigenvalue weighted by Gasteiger charge is 2.14. The van der Waals surface area contributed by atoms with Crippen molar-refractivity contribution in [1.82, 2.24) is 5.32 Å². The molecule has 0 unspecified atom stereocenters.